The van der Waals surface area contributed by atoms with Crippen LogP contribution < -0.4 is 16.2 Å². The lowest BCUT2D eigenvalue weighted by Crippen LogP contribution is -2.26. The third-order valence-electron chi connectivity index (χ3n) is 5.30. The van der Waals surface area contributed by atoms with Crippen LogP contribution in [0.15, 0.2) is 46.3 Å². The van der Waals surface area contributed by atoms with Gasteiger partial charge in [-0.05, 0) is 44.4 Å². The predicted octanol–water partition coefficient (Wildman–Crippen LogP) is 4.62. The molecule has 8 nitrogen and oxygen atoms in total. The van der Waals surface area contributed by atoms with Crippen molar-refractivity contribution in [1.29, 1.82) is 0 Å². The Morgan fingerprint density at radius 3 is 2.32 bits per heavy atom. The number of rotatable bonds is 8. The fourth-order valence-electron chi connectivity index (χ4n) is 3.63. The van der Waals surface area contributed by atoms with Crippen molar-refractivity contribution in [2.24, 2.45) is 0 Å². The number of thioether (sulfide) groups is 1. The van der Waals surface area contributed by atoms with Gasteiger partial charge in [-0.15, -0.1) is 10.2 Å². The second-order valence-corrected chi connectivity index (χ2v) is 9.22. The molecule has 0 bridgehead atoms. The van der Waals surface area contributed by atoms with Crippen LogP contribution in [0.25, 0.3) is 11.3 Å². The molecule has 178 valence electrons. The van der Waals surface area contributed by atoms with Crippen LogP contribution in [-0.4, -0.2) is 32.2 Å². The van der Waals surface area contributed by atoms with Gasteiger partial charge in [-0.25, -0.2) is 0 Å². The quantitative estimate of drug-likeness (QED) is 0.406. The molecule has 2 amide bonds. The Labute approximate surface area is 203 Å². The number of benzene rings is 2. The Balaban J connectivity index is 1.81. The number of anilines is 2. The molecule has 2 aromatic carbocycles. The second kappa shape index (κ2) is 11.1. The maximum atomic E-state index is 13.0. The molecule has 1 aromatic heterocycles. The molecule has 0 saturated carbocycles. The lowest BCUT2D eigenvalue weighted by atomic mass is 10.0. The summed E-state index contributed by atoms with van der Waals surface area (Å²) in [4.78, 5) is 40.4. The van der Waals surface area contributed by atoms with Crippen LogP contribution >= 0.6 is 11.8 Å². The largest absolute Gasteiger partial charge is 0.325 e. The number of para-hydroxylation sites is 1. The van der Waals surface area contributed by atoms with E-state index in [1.807, 2.05) is 39.8 Å². The van der Waals surface area contributed by atoms with E-state index in [-0.39, 0.29) is 22.7 Å². The predicted molar refractivity (Wildman–Crippen MR) is 136 cm³/mol. The summed E-state index contributed by atoms with van der Waals surface area (Å²) in [5, 5.41) is 13.8. The minimum Gasteiger partial charge on any atom is -0.325 e. The number of H-pyrrole nitrogens is 1. The van der Waals surface area contributed by atoms with Crippen molar-refractivity contribution in [1.82, 2.24) is 15.2 Å². The molecule has 0 spiro atoms. The maximum absolute atomic E-state index is 13.0. The molecule has 0 aliphatic heterocycles. The fraction of sp³-hybridized carbons (Fsp3) is 0.320. The smallest absolute Gasteiger partial charge is 0.278 e. The van der Waals surface area contributed by atoms with Gasteiger partial charge in [0.25, 0.3) is 5.56 Å². The summed E-state index contributed by atoms with van der Waals surface area (Å²) in [7, 11) is 0. The number of aromatic nitrogens is 3. The third kappa shape index (κ3) is 5.91. The molecule has 0 aliphatic carbocycles. The molecule has 3 aromatic rings. The van der Waals surface area contributed by atoms with Crippen LogP contribution in [0, 0.1) is 20.8 Å². The molecule has 9 heteroatoms. The number of hydrogen-bond acceptors (Lipinski definition) is 6. The standard InChI is InChI=1S/C25H29N5O3S/c1-6-19(23(32)27-21-15(4)12-14(3)13-16(21)5)34-25-28-24(33)22(29-30-25)17-10-8-9-11-18(17)26-20(31)7-2/h8-13,19H,6-7H2,1-5H3,(H,26,31)(H,27,32)(H,28,30,33)/t19-/m0/s1. The summed E-state index contributed by atoms with van der Waals surface area (Å²) < 4.78 is 0. The van der Waals surface area contributed by atoms with Crippen molar-refractivity contribution in [3.05, 3.63) is 63.4 Å². The lowest BCUT2D eigenvalue weighted by Gasteiger charge is -2.17. The Hall–Kier alpha value is -3.46. The first-order valence-corrected chi connectivity index (χ1v) is 12.0. The highest BCUT2D eigenvalue weighted by atomic mass is 32.2. The van der Waals surface area contributed by atoms with Crippen LogP contribution in [0.1, 0.15) is 43.4 Å². The zero-order chi connectivity index (χ0) is 24.8. The average Bonchev–Trinajstić information content (AvgIpc) is 2.80. The number of nitrogens with one attached hydrogen (secondary N) is 3. The van der Waals surface area contributed by atoms with Crippen molar-refractivity contribution in [3.63, 3.8) is 0 Å². The molecule has 0 unspecified atom stereocenters. The molecule has 0 fully saturated rings. The number of amides is 2. The summed E-state index contributed by atoms with van der Waals surface area (Å²) in [5.41, 5.74) is 4.55. The van der Waals surface area contributed by atoms with Crippen molar-refractivity contribution in [2.45, 2.75) is 57.9 Å². The van der Waals surface area contributed by atoms with E-state index in [4.69, 9.17) is 0 Å². The van der Waals surface area contributed by atoms with Gasteiger partial charge in [0.1, 0.15) is 0 Å². The minimum absolute atomic E-state index is 0.0970. The molecule has 1 heterocycles. The van der Waals surface area contributed by atoms with E-state index in [1.165, 1.54) is 0 Å². The van der Waals surface area contributed by atoms with Gasteiger partial charge in [-0.1, -0.05) is 61.5 Å². The van der Waals surface area contributed by atoms with Crippen LogP contribution in [0.4, 0.5) is 11.4 Å². The van der Waals surface area contributed by atoms with Crippen LogP contribution in [0.2, 0.25) is 0 Å². The minimum atomic E-state index is -0.466. The molecule has 0 radical (unpaired) electrons. The van der Waals surface area contributed by atoms with E-state index in [2.05, 4.69) is 25.8 Å². The first kappa shape index (κ1) is 25.2. The van der Waals surface area contributed by atoms with Gasteiger partial charge in [0, 0.05) is 17.7 Å². The first-order valence-electron chi connectivity index (χ1n) is 11.1. The van der Waals surface area contributed by atoms with E-state index in [0.29, 0.717) is 24.1 Å². The Bertz CT molecular complexity index is 1250. The highest BCUT2D eigenvalue weighted by molar-refractivity contribution is 8.00. The Morgan fingerprint density at radius 2 is 1.71 bits per heavy atom. The van der Waals surface area contributed by atoms with Gasteiger partial charge < -0.3 is 10.6 Å². The molecule has 0 aliphatic rings. The SMILES string of the molecule is CCC(=O)Nc1ccccc1-c1nnc(S[C@@H](CC)C(=O)Nc2c(C)cc(C)cc2C)[nH]c1=O. The molecule has 34 heavy (non-hydrogen) atoms. The lowest BCUT2D eigenvalue weighted by molar-refractivity contribution is -0.116. The topological polar surface area (TPSA) is 117 Å². The summed E-state index contributed by atoms with van der Waals surface area (Å²) >= 11 is 1.16. The van der Waals surface area contributed by atoms with Gasteiger partial charge in [0.15, 0.2) is 10.9 Å². The number of aryl methyl sites for hydroxylation is 3. The van der Waals surface area contributed by atoms with Gasteiger partial charge in [0.2, 0.25) is 11.8 Å². The van der Waals surface area contributed by atoms with Crippen LogP contribution in [0.5, 0.6) is 0 Å². The summed E-state index contributed by atoms with van der Waals surface area (Å²) in [6.45, 7) is 9.60. The maximum Gasteiger partial charge on any atom is 0.278 e. The first-order chi connectivity index (χ1) is 16.2. The molecule has 0 saturated heterocycles. The van der Waals surface area contributed by atoms with Crippen molar-refractivity contribution in [3.8, 4) is 11.3 Å². The highest BCUT2D eigenvalue weighted by Crippen LogP contribution is 2.27. The number of carbonyl (C=O) groups is 2. The number of aromatic amines is 1. The van der Waals surface area contributed by atoms with E-state index in [1.54, 1.807) is 31.2 Å². The summed E-state index contributed by atoms with van der Waals surface area (Å²) in [5.74, 6) is -0.332. The Kier molecular flexibility index (Phi) is 8.22. The van der Waals surface area contributed by atoms with Crippen LogP contribution in [0.3, 0.4) is 0 Å². The van der Waals surface area contributed by atoms with Crippen molar-refractivity contribution >= 4 is 35.0 Å². The van der Waals surface area contributed by atoms with Gasteiger partial charge >= 0.3 is 0 Å². The van der Waals surface area contributed by atoms with Crippen molar-refractivity contribution < 1.29 is 9.59 Å². The molecule has 1 atom stereocenters. The molecular formula is C25H29N5O3S. The molecule has 3 N–H and O–H groups in total. The fourth-order valence-corrected chi connectivity index (χ4v) is 4.47. The highest BCUT2D eigenvalue weighted by Gasteiger charge is 2.22. The second-order valence-electron chi connectivity index (χ2n) is 8.03. The monoisotopic (exact) mass is 479 g/mol. The summed E-state index contributed by atoms with van der Waals surface area (Å²) in [6.07, 6.45) is 0.853. The normalized spacial score (nSPS) is 11.7. The number of nitrogens with zero attached hydrogens (tertiary/aromatic N) is 2. The van der Waals surface area contributed by atoms with Gasteiger partial charge in [-0.2, -0.15) is 0 Å². The van der Waals surface area contributed by atoms with Crippen LogP contribution in [-0.2, 0) is 9.59 Å². The van der Waals surface area contributed by atoms with Crippen molar-refractivity contribution in [2.75, 3.05) is 10.6 Å². The summed E-state index contributed by atoms with van der Waals surface area (Å²) in [6, 6.07) is 11.0. The van der Waals surface area contributed by atoms with E-state index in [9.17, 15) is 14.4 Å². The van der Waals surface area contributed by atoms with E-state index in [0.717, 1.165) is 34.1 Å². The third-order valence-corrected chi connectivity index (χ3v) is 6.53. The number of carbonyl (C=O) groups excluding carboxylic acids is 2. The van der Waals surface area contributed by atoms with E-state index < -0.39 is 10.8 Å². The van der Waals surface area contributed by atoms with Gasteiger partial charge in [0.05, 0.1) is 10.9 Å². The molecule has 3 rings (SSSR count). The van der Waals surface area contributed by atoms with Gasteiger partial charge in [-0.3, -0.25) is 19.4 Å². The number of hydrogen-bond donors (Lipinski definition) is 3. The average molecular weight is 480 g/mol. The zero-order valence-electron chi connectivity index (χ0n) is 20.0. The van der Waals surface area contributed by atoms with E-state index >= 15 is 0 Å². The zero-order valence-corrected chi connectivity index (χ0v) is 20.8. The molecular weight excluding hydrogens is 450 g/mol. The Morgan fingerprint density at radius 1 is 1.03 bits per heavy atom.